The van der Waals surface area contributed by atoms with E-state index in [0.29, 0.717) is 28.9 Å². The number of halogens is 2. The van der Waals surface area contributed by atoms with Crippen molar-refractivity contribution < 1.29 is 4.79 Å². The molecule has 0 aliphatic heterocycles. The van der Waals surface area contributed by atoms with Crippen LogP contribution in [-0.2, 0) is 4.79 Å². The number of carbonyl (C=O) groups excluding carboxylic acids is 1. The molecule has 23 heavy (non-hydrogen) atoms. The minimum absolute atomic E-state index is 0. The number of carbonyl (C=O) groups is 1. The van der Waals surface area contributed by atoms with Crippen LogP contribution < -0.4 is 11.1 Å². The van der Waals surface area contributed by atoms with Crippen molar-refractivity contribution in [2.24, 2.45) is 11.7 Å². The lowest BCUT2D eigenvalue weighted by Gasteiger charge is -2.12. The lowest BCUT2D eigenvalue weighted by molar-refractivity contribution is -0.119. The molecule has 124 valence electrons. The number of amides is 1. The maximum Gasteiger partial charge on any atom is 0.228 e. The van der Waals surface area contributed by atoms with E-state index in [1.807, 2.05) is 0 Å². The SMILES string of the molecule is CC(CN)C(=O)Nc1ccc(Cl)c(-n2nnnc2C2CC2)c1.Cl. The van der Waals surface area contributed by atoms with Crippen LogP contribution in [0.25, 0.3) is 5.69 Å². The molecule has 0 bridgehead atoms. The van der Waals surface area contributed by atoms with Crippen LogP contribution in [0.15, 0.2) is 18.2 Å². The van der Waals surface area contributed by atoms with E-state index in [1.54, 1.807) is 29.8 Å². The van der Waals surface area contributed by atoms with E-state index in [2.05, 4.69) is 20.8 Å². The zero-order chi connectivity index (χ0) is 15.7. The number of tetrazole rings is 1. The van der Waals surface area contributed by atoms with Crippen molar-refractivity contribution in [3.8, 4) is 5.69 Å². The molecular formula is C14H18Cl2N6O. The van der Waals surface area contributed by atoms with E-state index in [1.165, 1.54) is 0 Å². The zero-order valence-corrected chi connectivity index (χ0v) is 14.1. The number of hydrogen-bond donors (Lipinski definition) is 2. The van der Waals surface area contributed by atoms with Crippen molar-refractivity contribution >= 4 is 35.6 Å². The Morgan fingerprint density at radius 1 is 1.52 bits per heavy atom. The summed E-state index contributed by atoms with van der Waals surface area (Å²) < 4.78 is 1.64. The first-order valence-corrected chi connectivity index (χ1v) is 7.57. The number of nitrogens with zero attached hydrogens (tertiary/aromatic N) is 4. The molecule has 1 aromatic heterocycles. The molecule has 9 heteroatoms. The molecule has 1 amide bonds. The van der Waals surface area contributed by atoms with Gasteiger partial charge in [-0.2, -0.15) is 4.68 Å². The molecule has 1 heterocycles. The minimum atomic E-state index is -0.255. The second-order valence-corrected chi connectivity index (χ2v) is 5.92. The molecule has 1 unspecified atom stereocenters. The Morgan fingerprint density at radius 2 is 2.26 bits per heavy atom. The van der Waals surface area contributed by atoms with E-state index in [9.17, 15) is 4.79 Å². The highest BCUT2D eigenvalue weighted by atomic mass is 35.5. The Morgan fingerprint density at radius 3 is 2.91 bits per heavy atom. The number of hydrogen-bond acceptors (Lipinski definition) is 5. The molecule has 3 rings (SSSR count). The van der Waals surface area contributed by atoms with Gasteiger partial charge in [-0.05, 0) is 41.5 Å². The van der Waals surface area contributed by atoms with Crippen molar-refractivity contribution in [2.75, 3.05) is 11.9 Å². The second kappa shape index (κ2) is 7.25. The van der Waals surface area contributed by atoms with Gasteiger partial charge in [0.1, 0.15) is 0 Å². The molecule has 1 aliphatic carbocycles. The Hall–Kier alpha value is -1.70. The first-order chi connectivity index (χ1) is 10.6. The van der Waals surface area contributed by atoms with Gasteiger partial charge < -0.3 is 11.1 Å². The summed E-state index contributed by atoms with van der Waals surface area (Å²) in [5, 5.41) is 15.2. The molecule has 0 saturated heterocycles. The Kier molecular flexibility index (Phi) is 5.56. The van der Waals surface area contributed by atoms with Gasteiger partial charge in [-0.1, -0.05) is 18.5 Å². The molecule has 1 aromatic carbocycles. The van der Waals surface area contributed by atoms with Crippen molar-refractivity contribution in [3.63, 3.8) is 0 Å². The fourth-order valence-electron chi connectivity index (χ4n) is 2.09. The standard InChI is InChI=1S/C14H17ClN6O.ClH/c1-8(7-16)14(22)17-10-4-5-11(15)12(6-10)21-13(9-2-3-9)18-19-20-21;/h4-6,8-9H,2-3,7,16H2,1H3,(H,17,22);1H. The third-order valence-electron chi connectivity index (χ3n) is 3.68. The van der Waals surface area contributed by atoms with E-state index in [4.69, 9.17) is 17.3 Å². The first kappa shape index (κ1) is 17.7. The van der Waals surface area contributed by atoms with Crippen LogP contribution in [-0.4, -0.2) is 32.7 Å². The summed E-state index contributed by atoms with van der Waals surface area (Å²) in [7, 11) is 0. The van der Waals surface area contributed by atoms with Crippen molar-refractivity contribution in [1.29, 1.82) is 0 Å². The maximum atomic E-state index is 11.9. The van der Waals surface area contributed by atoms with Crippen LogP contribution in [0, 0.1) is 5.92 Å². The Balaban J connectivity index is 0.00000192. The van der Waals surface area contributed by atoms with Gasteiger partial charge >= 0.3 is 0 Å². The molecule has 7 nitrogen and oxygen atoms in total. The predicted molar refractivity (Wildman–Crippen MR) is 90.2 cm³/mol. The molecule has 1 aliphatic rings. The summed E-state index contributed by atoms with van der Waals surface area (Å²) in [4.78, 5) is 11.9. The quantitative estimate of drug-likeness (QED) is 0.854. The largest absolute Gasteiger partial charge is 0.330 e. The van der Waals surface area contributed by atoms with Gasteiger partial charge in [0.05, 0.1) is 10.7 Å². The van der Waals surface area contributed by atoms with Gasteiger partial charge in [-0.25, -0.2) is 0 Å². The summed E-state index contributed by atoms with van der Waals surface area (Å²) >= 11 is 6.26. The lowest BCUT2D eigenvalue weighted by Crippen LogP contribution is -2.26. The van der Waals surface area contributed by atoms with E-state index >= 15 is 0 Å². The normalized spacial score (nSPS) is 14.9. The molecule has 0 spiro atoms. The van der Waals surface area contributed by atoms with Crippen LogP contribution in [0.1, 0.15) is 31.5 Å². The van der Waals surface area contributed by atoms with E-state index < -0.39 is 0 Å². The molecule has 1 fully saturated rings. The summed E-state index contributed by atoms with van der Waals surface area (Å²) in [5.41, 5.74) is 6.81. The summed E-state index contributed by atoms with van der Waals surface area (Å²) in [6.45, 7) is 2.07. The predicted octanol–water partition coefficient (Wildman–Crippen LogP) is 2.15. The summed E-state index contributed by atoms with van der Waals surface area (Å²) in [6.07, 6.45) is 2.17. The molecule has 1 atom stereocenters. The molecule has 0 radical (unpaired) electrons. The molecule has 2 aromatic rings. The highest BCUT2D eigenvalue weighted by Crippen LogP contribution is 2.39. The van der Waals surface area contributed by atoms with Crippen LogP contribution in [0.3, 0.4) is 0 Å². The molecule has 3 N–H and O–H groups in total. The molecule has 1 saturated carbocycles. The number of nitrogens with two attached hydrogens (primary N) is 1. The van der Waals surface area contributed by atoms with Gasteiger partial charge in [-0.15, -0.1) is 17.5 Å². The number of benzene rings is 1. The van der Waals surface area contributed by atoms with E-state index in [-0.39, 0.29) is 24.2 Å². The third-order valence-corrected chi connectivity index (χ3v) is 4.00. The first-order valence-electron chi connectivity index (χ1n) is 7.19. The van der Waals surface area contributed by atoms with Crippen molar-refractivity contribution in [2.45, 2.75) is 25.7 Å². The minimum Gasteiger partial charge on any atom is -0.330 e. The van der Waals surface area contributed by atoms with Gasteiger partial charge in [0.25, 0.3) is 0 Å². The lowest BCUT2D eigenvalue weighted by atomic mass is 10.1. The highest BCUT2D eigenvalue weighted by molar-refractivity contribution is 6.32. The summed E-state index contributed by atoms with van der Waals surface area (Å²) in [5.74, 6) is 0.811. The zero-order valence-electron chi connectivity index (χ0n) is 12.6. The topological polar surface area (TPSA) is 98.7 Å². The van der Waals surface area contributed by atoms with Gasteiger partial charge in [0.2, 0.25) is 5.91 Å². The molecular weight excluding hydrogens is 339 g/mol. The average molecular weight is 357 g/mol. The maximum absolute atomic E-state index is 11.9. The van der Waals surface area contributed by atoms with Gasteiger partial charge in [-0.3, -0.25) is 4.79 Å². The van der Waals surface area contributed by atoms with Crippen LogP contribution in [0.4, 0.5) is 5.69 Å². The Labute approximate surface area is 145 Å². The summed E-state index contributed by atoms with van der Waals surface area (Å²) in [6, 6.07) is 5.23. The van der Waals surface area contributed by atoms with Crippen molar-refractivity contribution in [1.82, 2.24) is 20.2 Å². The van der Waals surface area contributed by atoms with Gasteiger partial charge in [0.15, 0.2) is 5.82 Å². The monoisotopic (exact) mass is 356 g/mol. The number of anilines is 1. The fraction of sp³-hybridized carbons (Fsp3) is 0.429. The smallest absolute Gasteiger partial charge is 0.228 e. The number of rotatable bonds is 5. The average Bonchev–Trinajstić information content (AvgIpc) is 3.25. The van der Waals surface area contributed by atoms with Crippen molar-refractivity contribution in [3.05, 3.63) is 29.0 Å². The fourth-order valence-corrected chi connectivity index (χ4v) is 2.28. The highest BCUT2D eigenvalue weighted by Gasteiger charge is 2.30. The number of aromatic nitrogens is 4. The second-order valence-electron chi connectivity index (χ2n) is 5.52. The third kappa shape index (κ3) is 3.80. The van der Waals surface area contributed by atoms with Gasteiger partial charge in [0, 0.05) is 24.1 Å². The van der Waals surface area contributed by atoms with Crippen LogP contribution >= 0.6 is 24.0 Å². The van der Waals surface area contributed by atoms with E-state index in [0.717, 1.165) is 18.7 Å². The Bertz CT molecular complexity index is 700. The number of nitrogens with one attached hydrogen (secondary N) is 1. The van der Waals surface area contributed by atoms with Crippen LogP contribution in [0.2, 0.25) is 5.02 Å². The van der Waals surface area contributed by atoms with Crippen LogP contribution in [0.5, 0.6) is 0 Å².